The van der Waals surface area contributed by atoms with Gasteiger partial charge < -0.3 is 19.3 Å². The lowest BCUT2D eigenvalue weighted by atomic mass is 9.85. The highest BCUT2D eigenvalue weighted by atomic mass is 16.5. The number of rotatable bonds is 8. The van der Waals surface area contributed by atoms with Gasteiger partial charge in [-0.05, 0) is 42.0 Å². The second kappa shape index (κ2) is 10.4. The Morgan fingerprint density at radius 3 is 2.47 bits per heavy atom. The van der Waals surface area contributed by atoms with Crippen LogP contribution in [0.25, 0.3) is 5.76 Å². The molecule has 0 aliphatic carbocycles. The van der Waals surface area contributed by atoms with Crippen molar-refractivity contribution in [2.24, 2.45) is 0 Å². The Hall–Kier alpha value is -3.87. The van der Waals surface area contributed by atoms with E-state index >= 15 is 0 Å². The Morgan fingerprint density at radius 2 is 1.83 bits per heavy atom. The van der Waals surface area contributed by atoms with E-state index in [9.17, 15) is 14.7 Å². The van der Waals surface area contributed by atoms with Crippen LogP contribution in [0.2, 0.25) is 0 Å². The first-order chi connectivity index (χ1) is 17.2. The Bertz CT molecular complexity index is 1250. The van der Waals surface area contributed by atoms with E-state index in [4.69, 9.17) is 4.74 Å². The summed E-state index contributed by atoms with van der Waals surface area (Å²) in [6, 6.07) is 14.2. The van der Waals surface area contributed by atoms with E-state index in [1.165, 1.54) is 0 Å². The number of benzene rings is 2. The van der Waals surface area contributed by atoms with Crippen molar-refractivity contribution in [2.75, 3.05) is 13.2 Å². The molecule has 0 spiro atoms. The molecule has 2 heterocycles. The zero-order valence-corrected chi connectivity index (χ0v) is 21.3. The van der Waals surface area contributed by atoms with Gasteiger partial charge in [-0.2, -0.15) is 0 Å². The normalized spacial score (nSPS) is 17.6. The molecule has 0 saturated carbocycles. The van der Waals surface area contributed by atoms with Gasteiger partial charge in [-0.3, -0.25) is 9.59 Å². The average Bonchev–Trinajstić information content (AvgIpc) is 3.46. The molecule has 1 amide bonds. The number of amides is 1. The Kier molecular flexibility index (Phi) is 7.29. The van der Waals surface area contributed by atoms with Gasteiger partial charge in [0.05, 0.1) is 24.5 Å². The Labute approximate surface area is 212 Å². The molecule has 1 aliphatic heterocycles. The number of likely N-dealkylation sites (tertiary alicyclic amines) is 1. The third kappa shape index (κ3) is 5.20. The molecule has 2 aromatic carbocycles. The summed E-state index contributed by atoms with van der Waals surface area (Å²) in [4.78, 5) is 32.1. The minimum absolute atomic E-state index is 0.0368. The maximum absolute atomic E-state index is 13.3. The van der Waals surface area contributed by atoms with Crippen LogP contribution in [0.5, 0.6) is 5.75 Å². The highest BCUT2D eigenvalue weighted by molar-refractivity contribution is 6.46. The van der Waals surface area contributed by atoms with Gasteiger partial charge in [0.25, 0.3) is 11.7 Å². The van der Waals surface area contributed by atoms with Gasteiger partial charge in [0.1, 0.15) is 11.5 Å². The van der Waals surface area contributed by atoms with Crippen LogP contribution in [0.1, 0.15) is 56.8 Å². The van der Waals surface area contributed by atoms with E-state index in [0.717, 1.165) is 11.1 Å². The molecule has 3 aromatic rings. The van der Waals surface area contributed by atoms with Crippen LogP contribution in [0.4, 0.5) is 0 Å². The maximum atomic E-state index is 13.3. The zero-order valence-electron chi connectivity index (χ0n) is 21.3. The van der Waals surface area contributed by atoms with Crippen molar-refractivity contribution in [2.45, 2.75) is 52.1 Å². The fraction of sp³-hybridized carbons (Fsp3) is 0.345. The number of imidazole rings is 1. The first kappa shape index (κ1) is 25.2. The number of aromatic nitrogens is 2. The van der Waals surface area contributed by atoms with Crippen molar-refractivity contribution in [3.63, 3.8) is 0 Å². The largest absolute Gasteiger partial charge is 0.507 e. The molecule has 4 rings (SSSR count). The number of ketones is 1. The van der Waals surface area contributed by atoms with Crippen LogP contribution < -0.4 is 4.74 Å². The van der Waals surface area contributed by atoms with Gasteiger partial charge in [-0.1, -0.05) is 57.2 Å². The molecular formula is C29H33N3O4. The van der Waals surface area contributed by atoms with Crippen molar-refractivity contribution in [3.05, 3.63) is 89.5 Å². The van der Waals surface area contributed by atoms with Gasteiger partial charge in [0.15, 0.2) is 0 Å². The number of hydrogen-bond donors (Lipinski definition) is 1. The molecule has 0 radical (unpaired) electrons. The van der Waals surface area contributed by atoms with Crippen molar-refractivity contribution in [1.29, 1.82) is 0 Å². The van der Waals surface area contributed by atoms with Crippen LogP contribution in [0.3, 0.4) is 0 Å². The van der Waals surface area contributed by atoms with Crippen LogP contribution in [-0.4, -0.2) is 44.4 Å². The zero-order chi connectivity index (χ0) is 25.9. The molecule has 1 unspecified atom stereocenters. The number of carbonyl (C=O) groups excluding carboxylic acids is 2. The fourth-order valence-electron chi connectivity index (χ4n) is 4.52. The minimum Gasteiger partial charge on any atom is -0.507 e. The molecule has 1 atom stereocenters. The number of hydrogen-bond acceptors (Lipinski definition) is 5. The number of nitrogens with zero attached hydrogens (tertiary/aromatic N) is 3. The summed E-state index contributed by atoms with van der Waals surface area (Å²) >= 11 is 0. The van der Waals surface area contributed by atoms with Gasteiger partial charge >= 0.3 is 0 Å². The number of ether oxygens (including phenoxy) is 1. The van der Waals surface area contributed by atoms with E-state index in [0.29, 0.717) is 37.4 Å². The maximum Gasteiger partial charge on any atom is 0.295 e. The Balaban J connectivity index is 1.75. The van der Waals surface area contributed by atoms with E-state index in [-0.39, 0.29) is 16.7 Å². The third-order valence-electron chi connectivity index (χ3n) is 6.43. The van der Waals surface area contributed by atoms with Crippen LogP contribution in [0, 0.1) is 0 Å². The molecule has 1 N–H and O–H groups in total. The summed E-state index contributed by atoms with van der Waals surface area (Å²) in [5.41, 5.74) is 2.43. The lowest BCUT2D eigenvalue weighted by Crippen LogP contribution is -2.31. The van der Waals surface area contributed by atoms with E-state index < -0.39 is 17.7 Å². The summed E-state index contributed by atoms with van der Waals surface area (Å²) in [6.07, 6.45) is 5.93. The minimum atomic E-state index is -0.683. The lowest BCUT2D eigenvalue weighted by Gasteiger charge is -2.26. The molecule has 188 valence electrons. The number of carbonyl (C=O) groups is 2. The predicted octanol–water partition coefficient (Wildman–Crippen LogP) is 5.09. The second-order valence-corrected chi connectivity index (χ2v) is 9.98. The number of Topliss-reactive ketones (excluding diaryl/α,β-unsaturated/α-hetero) is 1. The van der Waals surface area contributed by atoms with E-state index in [1.807, 2.05) is 42.0 Å². The summed E-state index contributed by atoms with van der Waals surface area (Å²) in [5.74, 6) is -0.894. The summed E-state index contributed by atoms with van der Waals surface area (Å²) in [7, 11) is 0. The summed E-state index contributed by atoms with van der Waals surface area (Å²) in [6.45, 7) is 9.79. The average molecular weight is 488 g/mol. The molecule has 1 aromatic heterocycles. The molecule has 1 aliphatic rings. The molecule has 0 bridgehead atoms. The SMILES string of the molecule is CCOc1cccc(/C(O)=C2\C(=O)C(=O)N(CCCn3ccnc3)C2c2ccc(C(C)(C)C)cc2)c1. The van der Waals surface area contributed by atoms with Crippen molar-refractivity contribution in [1.82, 2.24) is 14.5 Å². The quantitative estimate of drug-likeness (QED) is 0.272. The van der Waals surface area contributed by atoms with Gasteiger partial charge in [0, 0.05) is 31.0 Å². The highest BCUT2D eigenvalue weighted by Gasteiger charge is 2.45. The van der Waals surface area contributed by atoms with Gasteiger partial charge in [0.2, 0.25) is 0 Å². The van der Waals surface area contributed by atoms with Crippen LogP contribution in [-0.2, 0) is 21.5 Å². The number of aliphatic hydroxyl groups excluding tert-OH is 1. The lowest BCUT2D eigenvalue weighted by molar-refractivity contribution is -0.139. The molecule has 7 heteroatoms. The summed E-state index contributed by atoms with van der Waals surface area (Å²) in [5, 5.41) is 11.3. The first-order valence-electron chi connectivity index (χ1n) is 12.3. The fourth-order valence-corrected chi connectivity index (χ4v) is 4.52. The topological polar surface area (TPSA) is 84.7 Å². The van der Waals surface area contributed by atoms with Crippen molar-refractivity contribution >= 4 is 17.4 Å². The van der Waals surface area contributed by atoms with Crippen LogP contribution >= 0.6 is 0 Å². The second-order valence-electron chi connectivity index (χ2n) is 9.98. The Morgan fingerprint density at radius 1 is 1.08 bits per heavy atom. The number of aryl methyl sites for hydroxylation is 1. The monoisotopic (exact) mass is 487 g/mol. The predicted molar refractivity (Wildman–Crippen MR) is 139 cm³/mol. The number of aliphatic hydroxyl groups is 1. The first-order valence-corrected chi connectivity index (χ1v) is 12.3. The van der Waals surface area contributed by atoms with Gasteiger partial charge in [-0.25, -0.2) is 4.98 Å². The third-order valence-corrected chi connectivity index (χ3v) is 6.43. The van der Waals surface area contributed by atoms with Crippen molar-refractivity contribution in [3.8, 4) is 5.75 Å². The smallest absolute Gasteiger partial charge is 0.295 e. The molecule has 1 saturated heterocycles. The highest BCUT2D eigenvalue weighted by Crippen LogP contribution is 2.40. The molecule has 1 fully saturated rings. The summed E-state index contributed by atoms with van der Waals surface area (Å²) < 4.78 is 7.50. The molecule has 36 heavy (non-hydrogen) atoms. The van der Waals surface area contributed by atoms with Gasteiger partial charge in [-0.15, -0.1) is 0 Å². The van der Waals surface area contributed by atoms with Crippen LogP contribution in [0.15, 0.2) is 72.8 Å². The van der Waals surface area contributed by atoms with E-state index in [1.54, 1.807) is 41.7 Å². The van der Waals surface area contributed by atoms with Crippen molar-refractivity contribution < 1.29 is 19.4 Å². The van der Waals surface area contributed by atoms with E-state index in [2.05, 4.69) is 25.8 Å². The molecular weight excluding hydrogens is 454 g/mol. The standard InChI is InChI=1S/C29H33N3O4/c1-5-36-23-9-6-8-21(18-23)26(33)24-25(20-10-12-22(13-11-20)29(2,3)4)32(28(35)27(24)34)16-7-15-31-17-14-30-19-31/h6,8-14,17-19,25,33H,5,7,15-16H2,1-4H3/b26-24+. The molecule has 7 nitrogen and oxygen atoms in total.